The second-order valence-corrected chi connectivity index (χ2v) is 4.84. The minimum absolute atomic E-state index is 0.426. The first-order valence-corrected chi connectivity index (χ1v) is 6.63. The van der Waals surface area contributed by atoms with Gasteiger partial charge in [-0.05, 0) is 6.07 Å². The Bertz CT molecular complexity index is 543. The van der Waals surface area contributed by atoms with Crippen LogP contribution in [-0.4, -0.2) is 12.6 Å². The van der Waals surface area contributed by atoms with Crippen molar-refractivity contribution in [1.82, 2.24) is 5.32 Å². The Labute approximate surface area is 114 Å². The summed E-state index contributed by atoms with van der Waals surface area (Å²) in [7, 11) is 0. The minimum Gasteiger partial charge on any atom is -0.459 e. The zero-order chi connectivity index (χ0) is 13.7. The molecule has 2 aromatic rings. The summed E-state index contributed by atoms with van der Waals surface area (Å²) in [6.07, 6.45) is 1.76. The highest BCUT2D eigenvalue weighted by molar-refractivity contribution is 5.82. The molecule has 3 heteroatoms. The number of nitrogens with one attached hydrogen (secondary N) is 1. The first-order valence-electron chi connectivity index (χ1n) is 6.63. The number of furan rings is 1. The lowest BCUT2D eigenvalue weighted by molar-refractivity contribution is 0.148. The predicted octanol–water partition coefficient (Wildman–Crippen LogP) is 3.63. The molecule has 0 aliphatic rings. The Balaban J connectivity index is 2.26. The van der Waals surface area contributed by atoms with Crippen molar-refractivity contribution in [3.8, 4) is 0 Å². The van der Waals surface area contributed by atoms with Crippen LogP contribution in [0.15, 0.2) is 41.3 Å². The number of benzene rings is 1. The Morgan fingerprint density at radius 2 is 2.16 bits per heavy atom. The van der Waals surface area contributed by atoms with Crippen molar-refractivity contribution in [3.05, 3.63) is 48.2 Å². The van der Waals surface area contributed by atoms with Crippen LogP contribution in [0.2, 0.25) is 0 Å². The van der Waals surface area contributed by atoms with Gasteiger partial charge in [0, 0.05) is 17.0 Å². The lowest BCUT2D eigenvalue weighted by atomic mass is 10.1. The summed E-state index contributed by atoms with van der Waals surface area (Å²) in [5.41, 5.74) is 2.05. The minimum atomic E-state index is 0.426. The largest absolute Gasteiger partial charge is 0.459 e. The van der Waals surface area contributed by atoms with E-state index in [0.717, 1.165) is 28.8 Å². The van der Waals surface area contributed by atoms with Crippen LogP contribution in [0, 0.1) is 0 Å². The molecular formula is C16H21NO2. The van der Waals surface area contributed by atoms with Crippen molar-refractivity contribution in [2.24, 2.45) is 0 Å². The molecule has 0 saturated carbocycles. The number of fused-ring (bicyclic) bond motifs is 1. The van der Waals surface area contributed by atoms with E-state index in [4.69, 9.17) is 9.15 Å². The molecular weight excluding hydrogens is 238 g/mol. The van der Waals surface area contributed by atoms with Crippen LogP contribution in [0.4, 0.5) is 0 Å². The Kier molecular flexibility index (Phi) is 4.77. The second kappa shape index (κ2) is 6.55. The van der Waals surface area contributed by atoms with Gasteiger partial charge in [0.15, 0.2) is 0 Å². The lowest BCUT2D eigenvalue weighted by Gasteiger charge is -2.08. The molecule has 3 nitrogen and oxygen atoms in total. The molecule has 0 spiro atoms. The highest BCUT2D eigenvalue weighted by Crippen LogP contribution is 2.26. The SMILES string of the molecule is C=CCOCc1c(CNC(C)C)oc2ccccc12. The van der Waals surface area contributed by atoms with Gasteiger partial charge in [-0.1, -0.05) is 38.1 Å². The molecule has 0 aliphatic heterocycles. The lowest BCUT2D eigenvalue weighted by Crippen LogP contribution is -2.22. The zero-order valence-corrected chi connectivity index (χ0v) is 11.6. The standard InChI is InChI=1S/C16H21NO2/c1-4-9-18-11-14-13-7-5-6-8-15(13)19-16(14)10-17-12(2)3/h4-8,12,17H,1,9-11H2,2-3H3. The summed E-state index contributed by atoms with van der Waals surface area (Å²) in [6.45, 7) is 9.73. The van der Waals surface area contributed by atoms with Crippen molar-refractivity contribution < 1.29 is 9.15 Å². The number of para-hydroxylation sites is 1. The summed E-state index contributed by atoms with van der Waals surface area (Å²) >= 11 is 0. The summed E-state index contributed by atoms with van der Waals surface area (Å²) in [5, 5.41) is 4.52. The van der Waals surface area contributed by atoms with Crippen molar-refractivity contribution in [3.63, 3.8) is 0 Å². The molecule has 0 amide bonds. The summed E-state index contributed by atoms with van der Waals surface area (Å²) in [5.74, 6) is 0.957. The Hall–Kier alpha value is -1.58. The fourth-order valence-electron chi connectivity index (χ4n) is 1.99. The van der Waals surface area contributed by atoms with E-state index in [1.807, 2.05) is 18.2 Å². The molecule has 0 radical (unpaired) electrons. The van der Waals surface area contributed by atoms with Crippen molar-refractivity contribution in [2.75, 3.05) is 6.61 Å². The van der Waals surface area contributed by atoms with Crippen LogP contribution in [0.25, 0.3) is 11.0 Å². The maximum absolute atomic E-state index is 5.91. The van der Waals surface area contributed by atoms with Gasteiger partial charge >= 0.3 is 0 Å². The van der Waals surface area contributed by atoms with Crippen molar-refractivity contribution >= 4 is 11.0 Å². The van der Waals surface area contributed by atoms with Gasteiger partial charge in [-0.2, -0.15) is 0 Å². The third-order valence-corrected chi connectivity index (χ3v) is 2.93. The third-order valence-electron chi connectivity index (χ3n) is 2.93. The topological polar surface area (TPSA) is 34.4 Å². The van der Waals surface area contributed by atoms with Crippen molar-refractivity contribution in [2.45, 2.75) is 33.0 Å². The van der Waals surface area contributed by atoms with Gasteiger partial charge in [0.2, 0.25) is 0 Å². The molecule has 1 N–H and O–H groups in total. The van der Waals surface area contributed by atoms with E-state index in [2.05, 4.69) is 31.8 Å². The first-order chi connectivity index (χ1) is 9.22. The predicted molar refractivity (Wildman–Crippen MR) is 78.0 cm³/mol. The molecule has 0 aliphatic carbocycles. The zero-order valence-electron chi connectivity index (χ0n) is 11.6. The van der Waals surface area contributed by atoms with E-state index < -0.39 is 0 Å². The van der Waals surface area contributed by atoms with Crippen molar-refractivity contribution in [1.29, 1.82) is 0 Å². The van der Waals surface area contributed by atoms with Gasteiger partial charge in [-0.15, -0.1) is 6.58 Å². The fraction of sp³-hybridized carbons (Fsp3) is 0.375. The summed E-state index contributed by atoms with van der Waals surface area (Å²) < 4.78 is 11.5. The summed E-state index contributed by atoms with van der Waals surface area (Å²) in [4.78, 5) is 0. The smallest absolute Gasteiger partial charge is 0.134 e. The molecule has 2 rings (SSSR count). The van der Waals surface area contributed by atoms with Crippen LogP contribution < -0.4 is 5.32 Å². The van der Waals surface area contributed by atoms with Gasteiger partial charge < -0.3 is 14.5 Å². The molecule has 1 heterocycles. The van der Waals surface area contributed by atoms with E-state index in [0.29, 0.717) is 19.3 Å². The summed E-state index contributed by atoms with van der Waals surface area (Å²) in [6, 6.07) is 8.50. The van der Waals surface area contributed by atoms with Crippen LogP contribution >= 0.6 is 0 Å². The number of hydrogen-bond donors (Lipinski definition) is 1. The molecule has 0 fully saturated rings. The maximum Gasteiger partial charge on any atom is 0.134 e. The molecule has 1 aromatic heterocycles. The van der Waals surface area contributed by atoms with E-state index in [-0.39, 0.29) is 0 Å². The molecule has 0 saturated heterocycles. The molecule has 0 unspecified atom stereocenters. The van der Waals surface area contributed by atoms with E-state index in [1.165, 1.54) is 0 Å². The van der Waals surface area contributed by atoms with E-state index >= 15 is 0 Å². The monoisotopic (exact) mass is 259 g/mol. The Morgan fingerprint density at radius 1 is 1.37 bits per heavy atom. The van der Waals surface area contributed by atoms with Gasteiger partial charge in [-0.25, -0.2) is 0 Å². The van der Waals surface area contributed by atoms with E-state index in [1.54, 1.807) is 6.08 Å². The molecule has 0 bridgehead atoms. The van der Waals surface area contributed by atoms with Crippen LogP contribution in [-0.2, 0) is 17.9 Å². The van der Waals surface area contributed by atoms with Crippen LogP contribution in [0.3, 0.4) is 0 Å². The molecule has 102 valence electrons. The van der Waals surface area contributed by atoms with E-state index in [9.17, 15) is 0 Å². The molecule has 0 atom stereocenters. The van der Waals surface area contributed by atoms with Gasteiger partial charge in [0.25, 0.3) is 0 Å². The maximum atomic E-state index is 5.91. The van der Waals surface area contributed by atoms with Gasteiger partial charge in [-0.3, -0.25) is 0 Å². The number of hydrogen-bond acceptors (Lipinski definition) is 3. The highest BCUT2D eigenvalue weighted by atomic mass is 16.5. The number of ether oxygens (including phenoxy) is 1. The fourth-order valence-corrected chi connectivity index (χ4v) is 1.99. The molecule has 19 heavy (non-hydrogen) atoms. The Morgan fingerprint density at radius 3 is 2.89 bits per heavy atom. The first kappa shape index (κ1) is 13.8. The molecule has 1 aromatic carbocycles. The second-order valence-electron chi connectivity index (χ2n) is 4.84. The average Bonchev–Trinajstić information content (AvgIpc) is 2.75. The highest BCUT2D eigenvalue weighted by Gasteiger charge is 2.13. The quantitative estimate of drug-likeness (QED) is 0.609. The van der Waals surface area contributed by atoms with Crippen LogP contribution in [0.5, 0.6) is 0 Å². The number of rotatable bonds is 7. The van der Waals surface area contributed by atoms with Gasteiger partial charge in [0.1, 0.15) is 11.3 Å². The van der Waals surface area contributed by atoms with Crippen LogP contribution in [0.1, 0.15) is 25.2 Å². The van der Waals surface area contributed by atoms with Gasteiger partial charge in [0.05, 0.1) is 19.8 Å². The third kappa shape index (κ3) is 3.46. The normalized spacial score (nSPS) is 11.3. The average molecular weight is 259 g/mol.